The van der Waals surface area contributed by atoms with Crippen molar-refractivity contribution in [2.45, 2.75) is 42.6 Å². The number of aromatic nitrogens is 3. The molecule has 1 atom stereocenters. The van der Waals surface area contributed by atoms with Gasteiger partial charge in [0.25, 0.3) is 11.8 Å². The Bertz CT molecular complexity index is 1030. The van der Waals surface area contributed by atoms with Crippen molar-refractivity contribution >= 4 is 34.9 Å². The summed E-state index contributed by atoms with van der Waals surface area (Å²) in [4.78, 5) is 25.7. The van der Waals surface area contributed by atoms with Crippen LogP contribution in [0.4, 0.5) is 4.39 Å². The van der Waals surface area contributed by atoms with Crippen molar-refractivity contribution in [3.8, 4) is 0 Å². The van der Waals surface area contributed by atoms with Crippen LogP contribution in [0.2, 0.25) is 0 Å². The maximum atomic E-state index is 13.0. The van der Waals surface area contributed by atoms with Gasteiger partial charge in [0, 0.05) is 22.9 Å². The number of halogens is 1. The van der Waals surface area contributed by atoms with Gasteiger partial charge in [-0.25, -0.2) is 4.39 Å². The van der Waals surface area contributed by atoms with Gasteiger partial charge in [0.15, 0.2) is 5.16 Å². The SMILES string of the molecule is CC(Sc1nnc(Cc2cccs2)n1C1CC1)C(=O)NNC(=O)c1ccc(F)cc1. The van der Waals surface area contributed by atoms with E-state index in [0.29, 0.717) is 11.2 Å². The van der Waals surface area contributed by atoms with Crippen molar-refractivity contribution in [1.82, 2.24) is 25.6 Å². The Morgan fingerprint density at radius 3 is 2.67 bits per heavy atom. The fourth-order valence-corrected chi connectivity index (χ4v) is 4.52. The number of nitrogens with one attached hydrogen (secondary N) is 2. The number of thiophene rings is 1. The average Bonchev–Trinajstić information content (AvgIpc) is 3.30. The third-order valence-electron chi connectivity index (χ3n) is 4.62. The zero-order valence-electron chi connectivity index (χ0n) is 16.2. The average molecular weight is 446 g/mol. The Morgan fingerprint density at radius 1 is 1.23 bits per heavy atom. The van der Waals surface area contributed by atoms with Gasteiger partial charge in [0.05, 0.1) is 5.25 Å². The fraction of sp³-hybridized carbons (Fsp3) is 0.300. The van der Waals surface area contributed by atoms with Gasteiger partial charge in [-0.1, -0.05) is 17.8 Å². The molecule has 2 heterocycles. The summed E-state index contributed by atoms with van der Waals surface area (Å²) in [5.41, 5.74) is 5.02. The van der Waals surface area contributed by atoms with E-state index in [1.165, 1.54) is 40.9 Å². The van der Waals surface area contributed by atoms with E-state index in [-0.39, 0.29) is 11.5 Å². The number of benzene rings is 1. The predicted octanol–water partition coefficient (Wildman–Crippen LogP) is 3.35. The highest BCUT2D eigenvalue weighted by Crippen LogP contribution is 2.40. The van der Waals surface area contributed by atoms with Gasteiger partial charge in [-0.05, 0) is 55.5 Å². The summed E-state index contributed by atoms with van der Waals surface area (Å²) in [6.07, 6.45) is 2.88. The van der Waals surface area contributed by atoms with Crippen LogP contribution < -0.4 is 10.9 Å². The highest BCUT2D eigenvalue weighted by Gasteiger charge is 2.31. The summed E-state index contributed by atoms with van der Waals surface area (Å²) < 4.78 is 15.1. The van der Waals surface area contributed by atoms with Crippen LogP contribution in [-0.2, 0) is 11.2 Å². The quantitative estimate of drug-likeness (QED) is 0.430. The van der Waals surface area contributed by atoms with Gasteiger partial charge in [0.1, 0.15) is 11.6 Å². The molecule has 4 rings (SSSR count). The van der Waals surface area contributed by atoms with Crippen LogP contribution in [0.1, 0.15) is 46.9 Å². The Balaban J connectivity index is 1.36. The molecule has 2 amide bonds. The van der Waals surface area contributed by atoms with E-state index in [2.05, 4.69) is 31.7 Å². The first kappa shape index (κ1) is 20.5. The molecule has 0 bridgehead atoms. The van der Waals surface area contributed by atoms with E-state index in [1.807, 2.05) is 11.4 Å². The van der Waals surface area contributed by atoms with E-state index in [9.17, 15) is 14.0 Å². The number of carbonyl (C=O) groups excluding carboxylic acids is 2. The second-order valence-electron chi connectivity index (χ2n) is 6.97. The standard InChI is InChI=1S/C20H20FN5O2S2/c1-12(18(27)23-24-19(28)13-4-6-14(21)7-5-13)30-20-25-22-17(26(20)15-8-9-15)11-16-3-2-10-29-16/h2-7,10,12,15H,8-9,11H2,1H3,(H,23,27)(H,24,28). The summed E-state index contributed by atoms with van der Waals surface area (Å²) in [5.74, 6) is -0.404. The minimum Gasteiger partial charge on any atom is -0.303 e. The first-order chi connectivity index (χ1) is 14.5. The summed E-state index contributed by atoms with van der Waals surface area (Å²) >= 11 is 2.99. The van der Waals surface area contributed by atoms with E-state index < -0.39 is 17.0 Å². The maximum absolute atomic E-state index is 13.0. The Labute approximate surface area is 181 Å². The van der Waals surface area contributed by atoms with E-state index in [4.69, 9.17) is 0 Å². The minimum atomic E-state index is -0.514. The highest BCUT2D eigenvalue weighted by atomic mass is 32.2. The van der Waals surface area contributed by atoms with Gasteiger partial charge in [0.2, 0.25) is 0 Å². The number of nitrogens with zero attached hydrogens (tertiary/aromatic N) is 3. The molecule has 1 unspecified atom stereocenters. The molecule has 0 radical (unpaired) electrons. The Morgan fingerprint density at radius 2 is 2.00 bits per heavy atom. The molecule has 1 aliphatic carbocycles. The summed E-state index contributed by atoms with van der Waals surface area (Å²) in [5, 5.41) is 10.9. The molecule has 0 aliphatic heterocycles. The molecular weight excluding hydrogens is 425 g/mol. The number of carbonyl (C=O) groups is 2. The minimum absolute atomic E-state index is 0.253. The van der Waals surface area contributed by atoms with Crippen molar-refractivity contribution in [3.63, 3.8) is 0 Å². The van der Waals surface area contributed by atoms with Crippen LogP contribution >= 0.6 is 23.1 Å². The second-order valence-corrected chi connectivity index (χ2v) is 9.31. The molecule has 1 aromatic carbocycles. The second kappa shape index (κ2) is 8.97. The van der Waals surface area contributed by atoms with E-state index >= 15 is 0 Å². The Kier molecular flexibility index (Phi) is 6.14. The number of hydrazine groups is 1. The zero-order valence-corrected chi connectivity index (χ0v) is 17.8. The smallest absolute Gasteiger partial charge is 0.269 e. The van der Waals surface area contributed by atoms with E-state index in [0.717, 1.165) is 25.1 Å². The van der Waals surface area contributed by atoms with Crippen molar-refractivity contribution in [2.24, 2.45) is 0 Å². The lowest BCUT2D eigenvalue weighted by molar-refractivity contribution is -0.121. The lowest BCUT2D eigenvalue weighted by Gasteiger charge is -2.14. The van der Waals surface area contributed by atoms with Crippen LogP contribution in [0.3, 0.4) is 0 Å². The zero-order chi connectivity index (χ0) is 21.1. The molecule has 2 N–H and O–H groups in total. The molecule has 10 heteroatoms. The fourth-order valence-electron chi connectivity index (χ4n) is 2.88. The molecule has 156 valence electrons. The van der Waals surface area contributed by atoms with Gasteiger partial charge < -0.3 is 4.57 Å². The van der Waals surface area contributed by atoms with Crippen molar-refractivity contribution < 1.29 is 14.0 Å². The summed E-state index contributed by atoms with van der Waals surface area (Å²) in [6, 6.07) is 9.54. The number of thioether (sulfide) groups is 1. The number of hydrogen-bond acceptors (Lipinski definition) is 6. The topological polar surface area (TPSA) is 88.9 Å². The summed E-state index contributed by atoms with van der Waals surface area (Å²) in [7, 11) is 0. The molecule has 0 saturated heterocycles. The molecule has 7 nitrogen and oxygen atoms in total. The number of rotatable bonds is 7. The van der Waals surface area contributed by atoms with Crippen LogP contribution in [0.25, 0.3) is 0 Å². The van der Waals surface area contributed by atoms with Gasteiger partial charge in [-0.3, -0.25) is 20.4 Å². The van der Waals surface area contributed by atoms with Gasteiger partial charge in [-0.2, -0.15) is 0 Å². The number of hydrogen-bond donors (Lipinski definition) is 2. The molecule has 0 spiro atoms. The number of amides is 2. The summed E-state index contributed by atoms with van der Waals surface area (Å²) in [6.45, 7) is 1.74. The lowest BCUT2D eigenvalue weighted by Crippen LogP contribution is -2.45. The first-order valence-electron chi connectivity index (χ1n) is 9.50. The highest BCUT2D eigenvalue weighted by molar-refractivity contribution is 8.00. The van der Waals surface area contributed by atoms with Crippen molar-refractivity contribution in [3.05, 3.63) is 63.9 Å². The van der Waals surface area contributed by atoms with E-state index in [1.54, 1.807) is 18.3 Å². The lowest BCUT2D eigenvalue weighted by atomic mass is 10.2. The largest absolute Gasteiger partial charge is 0.303 e. The van der Waals surface area contributed by atoms with Crippen LogP contribution in [-0.4, -0.2) is 31.8 Å². The van der Waals surface area contributed by atoms with Crippen molar-refractivity contribution in [2.75, 3.05) is 0 Å². The molecule has 30 heavy (non-hydrogen) atoms. The van der Waals surface area contributed by atoms with Crippen LogP contribution in [0.15, 0.2) is 46.9 Å². The van der Waals surface area contributed by atoms with Crippen molar-refractivity contribution in [1.29, 1.82) is 0 Å². The molecule has 1 saturated carbocycles. The molecule has 1 fully saturated rings. The molecule has 3 aromatic rings. The van der Waals surface area contributed by atoms with Gasteiger partial charge >= 0.3 is 0 Å². The van der Waals surface area contributed by atoms with Crippen LogP contribution in [0, 0.1) is 5.82 Å². The third-order valence-corrected chi connectivity index (χ3v) is 6.55. The van der Waals surface area contributed by atoms with Gasteiger partial charge in [-0.15, -0.1) is 21.5 Å². The normalized spacial score (nSPS) is 14.3. The molecular formula is C20H20FN5O2S2. The third kappa shape index (κ3) is 4.88. The maximum Gasteiger partial charge on any atom is 0.269 e. The first-order valence-corrected chi connectivity index (χ1v) is 11.3. The monoisotopic (exact) mass is 445 g/mol. The van der Waals surface area contributed by atoms with Crippen LogP contribution in [0.5, 0.6) is 0 Å². The molecule has 1 aliphatic rings. The Hall–Kier alpha value is -2.72. The molecule has 2 aromatic heterocycles. The predicted molar refractivity (Wildman–Crippen MR) is 113 cm³/mol.